The predicted molar refractivity (Wildman–Crippen MR) is 77.5 cm³/mol. The SMILES string of the molecule is Cc1cc(C)nc(NC(=O)c2ccc(Cl)c(N)c2)c1. The lowest BCUT2D eigenvalue weighted by Crippen LogP contribution is -2.13. The fraction of sp³-hybridized carbons (Fsp3) is 0.143. The standard InChI is InChI=1S/C14H14ClN3O/c1-8-5-9(2)17-13(6-8)18-14(19)10-3-4-11(15)12(16)7-10/h3-7H,16H2,1-2H3,(H,17,18,19). The van der Waals surface area contributed by atoms with Crippen LogP contribution in [0.4, 0.5) is 11.5 Å². The lowest BCUT2D eigenvalue weighted by Gasteiger charge is -2.07. The Bertz CT molecular complexity index is 620. The number of rotatable bonds is 2. The van der Waals surface area contributed by atoms with Crippen LogP contribution >= 0.6 is 11.6 Å². The smallest absolute Gasteiger partial charge is 0.256 e. The van der Waals surface area contributed by atoms with E-state index in [2.05, 4.69) is 10.3 Å². The molecule has 0 aliphatic heterocycles. The van der Waals surface area contributed by atoms with Crippen LogP contribution in [0.25, 0.3) is 0 Å². The molecule has 0 saturated carbocycles. The minimum absolute atomic E-state index is 0.263. The van der Waals surface area contributed by atoms with Crippen molar-refractivity contribution >= 4 is 29.0 Å². The first kappa shape index (κ1) is 13.4. The van der Waals surface area contributed by atoms with Gasteiger partial charge in [0.2, 0.25) is 0 Å². The summed E-state index contributed by atoms with van der Waals surface area (Å²) in [5.41, 5.74) is 8.39. The van der Waals surface area contributed by atoms with Crippen molar-refractivity contribution in [3.63, 3.8) is 0 Å². The number of carbonyl (C=O) groups excluding carboxylic acids is 1. The van der Waals surface area contributed by atoms with Gasteiger partial charge in [0.05, 0.1) is 10.7 Å². The van der Waals surface area contributed by atoms with Gasteiger partial charge in [-0.15, -0.1) is 0 Å². The van der Waals surface area contributed by atoms with Gasteiger partial charge in [-0.1, -0.05) is 11.6 Å². The Morgan fingerprint density at radius 2 is 2.00 bits per heavy atom. The number of nitrogens with zero attached hydrogens (tertiary/aromatic N) is 1. The molecule has 3 N–H and O–H groups in total. The summed E-state index contributed by atoms with van der Waals surface area (Å²) in [4.78, 5) is 16.3. The van der Waals surface area contributed by atoms with Crippen molar-refractivity contribution in [1.29, 1.82) is 0 Å². The molecule has 4 nitrogen and oxygen atoms in total. The first-order valence-corrected chi connectivity index (χ1v) is 6.15. The normalized spacial score (nSPS) is 10.3. The Hall–Kier alpha value is -2.07. The second-order valence-corrected chi connectivity index (χ2v) is 4.77. The number of carbonyl (C=O) groups is 1. The van der Waals surface area contributed by atoms with E-state index in [0.717, 1.165) is 11.3 Å². The van der Waals surface area contributed by atoms with E-state index in [1.54, 1.807) is 18.2 Å². The maximum absolute atomic E-state index is 12.1. The summed E-state index contributed by atoms with van der Waals surface area (Å²) in [6, 6.07) is 8.51. The number of nitrogen functional groups attached to an aromatic ring is 1. The number of nitrogens with two attached hydrogens (primary N) is 1. The maximum atomic E-state index is 12.1. The van der Waals surface area contributed by atoms with Crippen LogP contribution in [-0.4, -0.2) is 10.9 Å². The number of anilines is 2. The van der Waals surface area contributed by atoms with Gasteiger partial charge in [-0.05, 0) is 49.7 Å². The van der Waals surface area contributed by atoms with Gasteiger partial charge in [-0.3, -0.25) is 4.79 Å². The zero-order valence-electron chi connectivity index (χ0n) is 10.7. The molecule has 0 aliphatic rings. The lowest BCUT2D eigenvalue weighted by molar-refractivity contribution is 0.102. The summed E-state index contributed by atoms with van der Waals surface area (Å²) in [6.45, 7) is 3.83. The Kier molecular flexibility index (Phi) is 3.71. The van der Waals surface area contributed by atoms with Crippen LogP contribution in [0.2, 0.25) is 5.02 Å². The molecule has 5 heteroatoms. The van der Waals surface area contributed by atoms with Crippen molar-refractivity contribution in [2.45, 2.75) is 13.8 Å². The van der Waals surface area contributed by atoms with Gasteiger partial charge in [-0.2, -0.15) is 0 Å². The minimum Gasteiger partial charge on any atom is -0.398 e. The number of amides is 1. The third kappa shape index (κ3) is 3.23. The molecule has 1 amide bonds. The molecule has 1 aromatic carbocycles. The largest absolute Gasteiger partial charge is 0.398 e. The molecule has 0 bridgehead atoms. The third-order valence-electron chi connectivity index (χ3n) is 2.60. The summed E-state index contributed by atoms with van der Waals surface area (Å²) in [7, 11) is 0. The molecule has 0 aliphatic carbocycles. The number of benzene rings is 1. The average molecular weight is 276 g/mol. The van der Waals surface area contributed by atoms with Gasteiger partial charge in [0.25, 0.3) is 5.91 Å². The summed E-state index contributed by atoms with van der Waals surface area (Å²) < 4.78 is 0. The van der Waals surface area contributed by atoms with Crippen LogP contribution in [0.1, 0.15) is 21.6 Å². The van der Waals surface area contributed by atoms with Gasteiger partial charge in [0.1, 0.15) is 5.82 Å². The summed E-state index contributed by atoms with van der Waals surface area (Å²) in [5, 5.41) is 3.17. The van der Waals surface area contributed by atoms with Gasteiger partial charge in [0, 0.05) is 11.3 Å². The van der Waals surface area contributed by atoms with Gasteiger partial charge in [0.15, 0.2) is 0 Å². The molecule has 1 aromatic heterocycles. The number of halogens is 1. The highest BCUT2D eigenvalue weighted by molar-refractivity contribution is 6.33. The maximum Gasteiger partial charge on any atom is 0.256 e. The quantitative estimate of drug-likeness (QED) is 0.827. The van der Waals surface area contributed by atoms with E-state index >= 15 is 0 Å². The zero-order valence-corrected chi connectivity index (χ0v) is 11.5. The van der Waals surface area contributed by atoms with Crippen LogP contribution in [0, 0.1) is 13.8 Å². The summed E-state index contributed by atoms with van der Waals surface area (Å²) >= 11 is 5.82. The van der Waals surface area contributed by atoms with E-state index in [0.29, 0.717) is 22.1 Å². The molecule has 19 heavy (non-hydrogen) atoms. The molecule has 0 unspecified atom stereocenters. The highest BCUT2D eigenvalue weighted by atomic mass is 35.5. The molecule has 0 spiro atoms. The summed E-state index contributed by atoms with van der Waals surface area (Å²) in [5.74, 6) is 0.261. The molecule has 98 valence electrons. The third-order valence-corrected chi connectivity index (χ3v) is 2.94. The second-order valence-electron chi connectivity index (χ2n) is 4.36. The van der Waals surface area contributed by atoms with Crippen molar-refractivity contribution in [3.8, 4) is 0 Å². The highest BCUT2D eigenvalue weighted by Crippen LogP contribution is 2.20. The van der Waals surface area contributed by atoms with Crippen LogP contribution < -0.4 is 11.1 Å². The van der Waals surface area contributed by atoms with Crippen LogP contribution in [0.5, 0.6) is 0 Å². The van der Waals surface area contributed by atoms with E-state index in [4.69, 9.17) is 17.3 Å². The number of nitrogens with one attached hydrogen (secondary N) is 1. The number of hydrogen-bond donors (Lipinski definition) is 2. The van der Waals surface area contributed by atoms with Gasteiger partial charge < -0.3 is 11.1 Å². The zero-order chi connectivity index (χ0) is 14.0. The van der Waals surface area contributed by atoms with Crippen molar-refractivity contribution in [2.75, 3.05) is 11.1 Å². The van der Waals surface area contributed by atoms with E-state index in [9.17, 15) is 4.79 Å². The molecule has 0 saturated heterocycles. The van der Waals surface area contributed by atoms with Crippen LogP contribution in [0.15, 0.2) is 30.3 Å². The Morgan fingerprint density at radius 3 is 2.63 bits per heavy atom. The molecule has 2 aromatic rings. The fourth-order valence-corrected chi connectivity index (χ4v) is 1.90. The van der Waals surface area contributed by atoms with Gasteiger partial charge in [-0.25, -0.2) is 4.98 Å². The van der Waals surface area contributed by atoms with E-state index < -0.39 is 0 Å². The number of aryl methyl sites for hydroxylation is 2. The molecule has 1 heterocycles. The minimum atomic E-state index is -0.263. The average Bonchev–Trinajstić information content (AvgIpc) is 2.31. The Balaban J connectivity index is 2.22. The van der Waals surface area contributed by atoms with E-state index in [1.165, 1.54) is 0 Å². The van der Waals surface area contributed by atoms with Crippen LogP contribution in [0.3, 0.4) is 0 Å². The fourth-order valence-electron chi connectivity index (χ4n) is 1.78. The first-order valence-electron chi connectivity index (χ1n) is 5.77. The molecule has 0 fully saturated rings. The Labute approximate surface area is 116 Å². The molecular formula is C14H14ClN3O. The second kappa shape index (κ2) is 5.28. The Morgan fingerprint density at radius 1 is 1.26 bits per heavy atom. The van der Waals surface area contributed by atoms with Crippen LogP contribution in [-0.2, 0) is 0 Å². The molecule has 0 radical (unpaired) electrons. The lowest BCUT2D eigenvalue weighted by atomic mass is 10.2. The van der Waals surface area contributed by atoms with Crippen molar-refractivity contribution in [1.82, 2.24) is 4.98 Å². The van der Waals surface area contributed by atoms with Crippen molar-refractivity contribution < 1.29 is 4.79 Å². The first-order chi connectivity index (χ1) is 8.95. The topological polar surface area (TPSA) is 68.0 Å². The monoisotopic (exact) mass is 275 g/mol. The molecule has 2 rings (SSSR count). The van der Waals surface area contributed by atoms with Gasteiger partial charge >= 0.3 is 0 Å². The number of hydrogen-bond acceptors (Lipinski definition) is 3. The number of pyridine rings is 1. The van der Waals surface area contributed by atoms with E-state index in [1.807, 2.05) is 26.0 Å². The van der Waals surface area contributed by atoms with Crippen molar-refractivity contribution in [3.05, 3.63) is 52.2 Å². The predicted octanol–water partition coefficient (Wildman–Crippen LogP) is 3.19. The summed E-state index contributed by atoms with van der Waals surface area (Å²) in [6.07, 6.45) is 0. The molecular weight excluding hydrogens is 262 g/mol. The molecule has 0 atom stereocenters. The van der Waals surface area contributed by atoms with Crippen molar-refractivity contribution in [2.24, 2.45) is 0 Å². The van der Waals surface area contributed by atoms with E-state index in [-0.39, 0.29) is 5.91 Å². The highest BCUT2D eigenvalue weighted by Gasteiger charge is 2.09. The number of aromatic nitrogens is 1.